The summed E-state index contributed by atoms with van der Waals surface area (Å²) in [4.78, 5) is 14.2. The van der Waals surface area contributed by atoms with Crippen molar-refractivity contribution in [1.82, 2.24) is 4.90 Å². The second kappa shape index (κ2) is 6.50. The van der Waals surface area contributed by atoms with E-state index in [2.05, 4.69) is 0 Å². The molecule has 0 aliphatic rings. The Kier molecular flexibility index (Phi) is 4.71. The number of ether oxygens (including phenoxy) is 1. The van der Waals surface area contributed by atoms with Gasteiger partial charge in [0, 0.05) is 19.0 Å². The highest BCUT2D eigenvalue weighted by molar-refractivity contribution is 5.98. The number of rotatable bonds is 7. The monoisotopic (exact) mass is 261 g/mol. The summed E-state index contributed by atoms with van der Waals surface area (Å²) in [6.07, 6.45) is 0. The quantitative estimate of drug-likeness (QED) is 0.718. The first kappa shape index (κ1) is 13.8. The zero-order valence-corrected chi connectivity index (χ0v) is 11.4. The maximum atomic E-state index is 12.2. The van der Waals surface area contributed by atoms with Gasteiger partial charge in [0.2, 0.25) is 5.78 Å². The van der Waals surface area contributed by atoms with E-state index in [0.717, 1.165) is 24.1 Å². The summed E-state index contributed by atoms with van der Waals surface area (Å²) in [6, 6.07) is 9.45. The predicted octanol–water partition coefficient (Wildman–Crippen LogP) is 2.58. The van der Waals surface area contributed by atoms with Crippen LogP contribution in [0.15, 0.2) is 34.7 Å². The molecule has 0 saturated carbocycles. The van der Waals surface area contributed by atoms with Crippen molar-refractivity contribution in [1.29, 1.82) is 0 Å². The van der Waals surface area contributed by atoms with E-state index < -0.39 is 0 Å². The molecule has 1 aromatic carbocycles. The Morgan fingerprint density at radius 1 is 1.37 bits per heavy atom. The molecule has 1 aromatic heterocycles. The van der Waals surface area contributed by atoms with Crippen molar-refractivity contribution in [2.75, 3.05) is 33.4 Å². The lowest BCUT2D eigenvalue weighted by Gasteiger charge is -2.17. The standard InChI is InChI=1S/C15H19NO3/c1-3-16(8-9-18-2)11-13(17)15-10-12-6-4-5-7-14(12)19-15/h4-7,10H,3,8-9,11H2,1-2H3. The lowest BCUT2D eigenvalue weighted by Crippen LogP contribution is -2.32. The number of ketones is 1. The summed E-state index contributed by atoms with van der Waals surface area (Å²) in [5.74, 6) is 0.436. The van der Waals surface area contributed by atoms with Crippen LogP contribution in [0.3, 0.4) is 0 Å². The highest BCUT2D eigenvalue weighted by Gasteiger charge is 2.15. The Balaban J connectivity index is 2.06. The number of likely N-dealkylation sites (N-methyl/N-ethyl adjacent to an activating group) is 1. The summed E-state index contributed by atoms with van der Waals surface area (Å²) >= 11 is 0. The Labute approximate surface area is 112 Å². The molecule has 4 heteroatoms. The van der Waals surface area contributed by atoms with E-state index in [1.807, 2.05) is 42.2 Å². The first-order valence-electron chi connectivity index (χ1n) is 6.47. The fourth-order valence-corrected chi connectivity index (χ4v) is 1.97. The third kappa shape index (κ3) is 3.43. The number of para-hydroxylation sites is 1. The van der Waals surface area contributed by atoms with Crippen LogP contribution in [0.1, 0.15) is 17.5 Å². The van der Waals surface area contributed by atoms with Gasteiger partial charge in [-0.05, 0) is 18.7 Å². The number of nitrogens with zero attached hydrogens (tertiary/aromatic N) is 1. The van der Waals surface area contributed by atoms with Crippen molar-refractivity contribution >= 4 is 16.8 Å². The summed E-state index contributed by atoms with van der Waals surface area (Å²) in [7, 11) is 1.66. The average Bonchev–Trinajstić information content (AvgIpc) is 2.87. The molecule has 0 unspecified atom stereocenters. The van der Waals surface area contributed by atoms with Crippen molar-refractivity contribution in [2.24, 2.45) is 0 Å². The van der Waals surface area contributed by atoms with Gasteiger partial charge in [0.15, 0.2) is 5.76 Å². The average molecular weight is 261 g/mol. The van der Waals surface area contributed by atoms with Gasteiger partial charge in [0.05, 0.1) is 13.2 Å². The molecule has 2 rings (SSSR count). The van der Waals surface area contributed by atoms with Crippen molar-refractivity contribution in [3.8, 4) is 0 Å². The second-order valence-corrected chi connectivity index (χ2v) is 4.43. The van der Waals surface area contributed by atoms with Crippen molar-refractivity contribution in [3.05, 3.63) is 36.1 Å². The van der Waals surface area contributed by atoms with Crippen LogP contribution in [-0.2, 0) is 4.74 Å². The van der Waals surface area contributed by atoms with Crippen LogP contribution in [-0.4, -0.2) is 44.0 Å². The van der Waals surface area contributed by atoms with E-state index in [9.17, 15) is 4.79 Å². The Morgan fingerprint density at radius 3 is 2.84 bits per heavy atom. The first-order chi connectivity index (χ1) is 9.24. The molecule has 0 saturated heterocycles. The number of Topliss-reactive ketones (excluding diaryl/α,β-unsaturated/α-hetero) is 1. The maximum absolute atomic E-state index is 12.2. The largest absolute Gasteiger partial charge is 0.453 e. The van der Waals surface area contributed by atoms with Gasteiger partial charge in [-0.1, -0.05) is 25.1 Å². The normalized spacial score (nSPS) is 11.3. The molecule has 2 aromatic rings. The molecule has 0 fully saturated rings. The zero-order valence-electron chi connectivity index (χ0n) is 11.4. The van der Waals surface area contributed by atoms with Crippen molar-refractivity contribution in [3.63, 3.8) is 0 Å². The van der Waals surface area contributed by atoms with Crippen LogP contribution in [0.5, 0.6) is 0 Å². The SMILES string of the molecule is CCN(CCOC)CC(=O)c1cc2ccccc2o1. The summed E-state index contributed by atoms with van der Waals surface area (Å²) < 4.78 is 10.6. The lowest BCUT2D eigenvalue weighted by atomic mass is 10.2. The van der Waals surface area contributed by atoms with E-state index in [0.29, 0.717) is 18.9 Å². The Bertz CT molecular complexity index is 514. The fourth-order valence-electron chi connectivity index (χ4n) is 1.97. The number of fused-ring (bicyclic) bond motifs is 1. The summed E-state index contributed by atoms with van der Waals surface area (Å²) in [6.45, 7) is 4.58. The highest BCUT2D eigenvalue weighted by Crippen LogP contribution is 2.19. The second-order valence-electron chi connectivity index (χ2n) is 4.43. The summed E-state index contributed by atoms with van der Waals surface area (Å²) in [5.41, 5.74) is 0.755. The number of hydrogen-bond donors (Lipinski definition) is 0. The molecular weight excluding hydrogens is 242 g/mol. The van der Waals surface area contributed by atoms with Gasteiger partial charge in [-0.2, -0.15) is 0 Å². The minimum absolute atomic E-state index is 0.00848. The van der Waals surface area contributed by atoms with Crippen LogP contribution in [0, 0.1) is 0 Å². The van der Waals surface area contributed by atoms with Gasteiger partial charge >= 0.3 is 0 Å². The molecule has 0 aliphatic heterocycles. The van der Waals surface area contributed by atoms with Gasteiger partial charge in [-0.3, -0.25) is 9.69 Å². The topological polar surface area (TPSA) is 42.7 Å². The summed E-state index contributed by atoms with van der Waals surface area (Å²) in [5, 5.41) is 0.964. The molecule has 0 radical (unpaired) electrons. The molecular formula is C15H19NO3. The van der Waals surface area contributed by atoms with Gasteiger partial charge in [0.1, 0.15) is 5.58 Å². The van der Waals surface area contributed by atoms with Gasteiger partial charge < -0.3 is 9.15 Å². The van der Waals surface area contributed by atoms with Crippen molar-refractivity contribution in [2.45, 2.75) is 6.92 Å². The molecule has 0 aliphatic carbocycles. The molecule has 1 heterocycles. The Morgan fingerprint density at radius 2 is 2.16 bits per heavy atom. The molecule has 102 valence electrons. The minimum atomic E-state index is 0.00848. The van der Waals surface area contributed by atoms with Crippen LogP contribution in [0.4, 0.5) is 0 Å². The molecule has 19 heavy (non-hydrogen) atoms. The first-order valence-corrected chi connectivity index (χ1v) is 6.47. The molecule has 0 N–H and O–H groups in total. The van der Waals surface area contributed by atoms with Gasteiger partial charge in [-0.15, -0.1) is 0 Å². The van der Waals surface area contributed by atoms with Crippen LogP contribution >= 0.6 is 0 Å². The molecule has 0 amide bonds. The van der Waals surface area contributed by atoms with Crippen LogP contribution in [0.2, 0.25) is 0 Å². The van der Waals surface area contributed by atoms with Gasteiger partial charge in [0.25, 0.3) is 0 Å². The zero-order chi connectivity index (χ0) is 13.7. The third-order valence-corrected chi connectivity index (χ3v) is 3.13. The van der Waals surface area contributed by atoms with E-state index in [4.69, 9.17) is 9.15 Å². The van der Waals surface area contributed by atoms with Crippen molar-refractivity contribution < 1.29 is 13.9 Å². The number of furan rings is 1. The number of hydrogen-bond acceptors (Lipinski definition) is 4. The third-order valence-electron chi connectivity index (χ3n) is 3.13. The number of methoxy groups -OCH3 is 1. The van der Waals surface area contributed by atoms with E-state index in [-0.39, 0.29) is 5.78 Å². The van der Waals surface area contributed by atoms with E-state index in [1.165, 1.54) is 0 Å². The number of carbonyl (C=O) groups is 1. The number of carbonyl (C=O) groups excluding carboxylic acids is 1. The minimum Gasteiger partial charge on any atom is -0.453 e. The molecule has 0 atom stereocenters. The predicted molar refractivity (Wildman–Crippen MR) is 74.5 cm³/mol. The van der Waals surface area contributed by atoms with Crippen LogP contribution in [0.25, 0.3) is 11.0 Å². The molecule has 4 nitrogen and oxygen atoms in total. The van der Waals surface area contributed by atoms with E-state index in [1.54, 1.807) is 7.11 Å². The molecule has 0 spiro atoms. The highest BCUT2D eigenvalue weighted by atomic mass is 16.5. The fraction of sp³-hybridized carbons (Fsp3) is 0.400. The Hall–Kier alpha value is -1.65. The lowest BCUT2D eigenvalue weighted by molar-refractivity contribution is 0.0877. The van der Waals surface area contributed by atoms with Crippen LogP contribution < -0.4 is 0 Å². The number of benzene rings is 1. The maximum Gasteiger partial charge on any atom is 0.211 e. The molecule has 0 bridgehead atoms. The van der Waals surface area contributed by atoms with E-state index >= 15 is 0 Å². The van der Waals surface area contributed by atoms with Gasteiger partial charge in [-0.25, -0.2) is 0 Å². The smallest absolute Gasteiger partial charge is 0.211 e.